The Bertz CT molecular complexity index is 518. The second-order valence-electron chi connectivity index (χ2n) is 5.33. The summed E-state index contributed by atoms with van der Waals surface area (Å²) in [6.45, 7) is 2.54. The number of carbonyl (C=O) groups excluding carboxylic acids is 1. The smallest absolute Gasteiger partial charge is 0.321 e. The first-order valence-electron chi connectivity index (χ1n) is 6.46. The molecule has 1 saturated heterocycles. The number of nitrogens with one attached hydrogen (secondary N) is 1. The van der Waals surface area contributed by atoms with Crippen LogP contribution in [0.4, 0.5) is 10.5 Å². The zero-order valence-electron chi connectivity index (χ0n) is 11.2. The number of benzene rings is 1. The van der Waals surface area contributed by atoms with E-state index in [1.165, 1.54) is 0 Å². The van der Waals surface area contributed by atoms with Crippen LogP contribution in [0.3, 0.4) is 0 Å². The van der Waals surface area contributed by atoms with E-state index in [1.54, 1.807) is 11.8 Å². The number of halogens is 1. The number of piperidine rings is 1. The van der Waals surface area contributed by atoms with Crippen molar-refractivity contribution in [2.24, 2.45) is 5.41 Å². The number of nitrogens with zero attached hydrogens (tertiary/aromatic N) is 1. The molecule has 1 unspecified atom stereocenters. The lowest BCUT2D eigenvalue weighted by atomic mass is 9.82. The fourth-order valence-electron chi connectivity index (χ4n) is 2.32. The minimum atomic E-state index is -0.846. The Kier molecular flexibility index (Phi) is 4.52. The van der Waals surface area contributed by atoms with Gasteiger partial charge < -0.3 is 15.3 Å². The minimum absolute atomic E-state index is 0.238. The first kappa shape index (κ1) is 15.1. The van der Waals surface area contributed by atoms with Crippen molar-refractivity contribution in [1.29, 1.82) is 0 Å². The van der Waals surface area contributed by atoms with E-state index in [1.807, 2.05) is 24.3 Å². The van der Waals surface area contributed by atoms with Crippen molar-refractivity contribution in [3.8, 4) is 0 Å². The molecule has 20 heavy (non-hydrogen) atoms. The van der Waals surface area contributed by atoms with Crippen molar-refractivity contribution >= 4 is 40.3 Å². The van der Waals surface area contributed by atoms with Crippen LogP contribution in [0.15, 0.2) is 24.3 Å². The van der Waals surface area contributed by atoms with Gasteiger partial charge in [-0.1, -0.05) is 0 Å². The minimum Gasteiger partial charge on any atom is -0.481 e. The highest BCUT2D eigenvalue weighted by Crippen LogP contribution is 2.30. The maximum absolute atomic E-state index is 12.2. The van der Waals surface area contributed by atoms with E-state index >= 15 is 0 Å². The second kappa shape index (κ2) is 5.99. The lowest BCUT2D eigenvalue weighted by Gasteiger charge is -2.37. The summed E-state index contributed by atoms with van der Waals surface area (Å²) >= 11 is 2.20. The molecule has 2 amide bonds. The standard InChI is InChI=1S/C14H17IN2O3/c1-14(12(18)19)7-2-8-17(9-14)13(20)16-11-5-3-10(15)4-6-11/h3-6H,2,7-9H2,1H3,(H,16,20)(H,18,19). The quantitative estimate of drug-likeness (QED) is 0.766. The molecule has 2 N–H and O–H groups in total. The zero-order chi connectivity index (χ0) is 14.8. The molecule has 1 heterocycles. The van der Waals surface area contributed by atoms with Crippen LogP contribution in [0.25, 0.3) is 0 Å². The molecule has 0 radical (unpaired) electrons. The van der Waals surface area contributed by atoms with Gasteiger partial charge in [0.25, 0.3) is 0 Å². The SMILES string of the molecule is CC1(C(=O)O)CCCN(C(=O)Nc2ccc(I)cc2)C1. The van der Waals surface area contributed by atoms with Crippen LogP contribution in [0, 0.1) is 8.99 Å². The van der Waals surface area contributed by atoms with Crippen LogP contribution in [0.5, 0.6) is 0 Å². The Morgan fingerprint density at radius 1 is 1.35 bits per heavy atom. The van der Waals surface area contributed by atoms with E-state index in [4.69, 9.17) is 0 Å². The molecule has 1 aliphatic heterocycles. The summed E-state index contributed by atoms with van der Waals surface area (Å²) in [4.78, 5) is 25.0. The van der Waals surface area contributed by atoms with Gasteiger partial charge in [-0.3, -0.25) is 4.79 Å². The van der Waals surface area contributed by atoms with Gasteiger partial charge in [-0.25, -0.2) is 4.79 Å². The number of hydrogen-bond acceptors (Lipinski definition) is 2. The number of amides is 2. The second-order valence-corrected chi connectivity index (χ2v) is 6.57. The van der Waals surface area contributed by atoms with Gasteiger partial charge in [-0.05, 0) is 66.6 Å². The van der Waals surface area contributed by atoms with Crippen molar-refractivity contribution in [2.45, 2.75) is 19.8 Å². The van der Waals surface area contributed by atoms with Crippen molar-refractivity contribution in [2.75, 3.05) is 18.4 Å². The van der Waals surface area contributed by atoms with Crippen LogP contribution in [0.2, 0.25) is 0 Å². The summed E-state index contributed by atoms with van der Waals surface area (Å²) in [7, 11) is 0. The Balaban J connectivity index is 2.02. The number of aliphatic carboxylic acids is 1. The fourth-order valence-corrected chi connectivity index (χ4v) is 2.68. The Hall–Kier alpha value is -1.31. The third-order valence-corrected chi connectivity index (χ3v) is 4.31. The molecule has 6 heteroatoms. The van der Waals surface area contributed by atoms with E-state index in [9.17, 15) is 14.7 Å². The summed E-state index contributed by atoms with van der Waals surface area (Å²) in [6.07, 6.45) is 1.32. The molecule has 0 saturated carbocycles. The van der Waals surface area contributed by atoms with Crippen molar-refractivity contribution in [3.05, 3.63) is 27.8 Å². The molecule has 0 aromatic heterocycles. The molecule has 5 nitrogen and oxygen atoms in total. The van der Waals surface area contributed by atoms with E-state index in [0.29, 0.717) is 19.4 Å². The number of hydrogen-bond donors (Lipinski definition) is 2. The number of carboxylic acid groups (broad SMARTS) is 1. The van der Waals surface area contributed by atoms with Crippen LogP contribution < -0.4 is 5.32 Å². The topological polar surface area (TPSA) is 69.6 Å². The van der Waals surface area contributed by atoms with Crippen molar-refractivity contribution < 1.29 is 14.7 Å². The summed E-state index contributed by atoms with van der Waals surface area (Å²) in [5, 5.41) is 12.1. The van der Waals surface area contributed by atoms with Crippen LogP contribution in [-0.2, 0) is 4.79 Å². The average Bonchev–Trinajstić information content (AvgIpc) is 2.41. The van der Waals surface area contributed by atoms with Gasteiger partial charge in [0.05, 0.1) is 5.41 Å². The molecule has 1 atom stereocenters. The van der Waals surface area contributed by atoms with Gasteiger partial charge in [0.1, 0.15) is 0 Å². The third-order valence-electron chi connectivity index (χ3n) is 3.60. The molecule has 1 aliphatic rings. The van der Waals surface area contributed by atoms with E-state index in [-0.39, 0.29) is 12.6 Å². The van der Waals surface area contributed by atoms with Gasteiger partial charge >= 0.3 is 12.0 Å². The molecule has 1 aromatic carbocycles. The number of rotatable bonds is 2. The van der Waals surface area contributed by atoms with Crippen LogP contribution in [0.1, 0.15) is 19.8 Å². The monoisotopic (exact) mass is 388 g/mol. The van der Waals surface area contributed by atoms with E-state index in [0.717, 1.165) is 9.26 Å². The van der Waals surface area contributed by atoms with E-state index < -0.39 is 11.4 Å². The lowest BCUT2D eigenvalue weighted by Crippen LogP contribution is -2.49. The first-order valence-corrected chi connectivity index (χ1v) is 7.53. The molecule has 108 valence electrons. The molecule has 2 rings (SSSR count). The van der Waals surface area contributed by atoms with E-state index in [2.05, 4.69) is 27.9 Å². The highest BCUT2D eigenvalue weighted by atomic mass is 127. The number of anilines is 1. The number of urea groups is 1. The molecule has 1 aromatic rings. The fraction of sp³-hybridized carbons (Fsp3) is 0.429. The Morgan fingerprint density at radius 3 is 2.60 bits per heavy atom. The molecule has 0 spiro atoms. The zero-order valence-corrected chi connectivity index (χ0v) is 13.4. The van der Waals surface area contributed by atoms with Crippen molar-refractivity contribution in [3.63, 3.8) is 0 Å². The third kappa shape index (κ3) is 3.41. The summed E-state index contributed by atoms with van der Waals surface area (Å²) < 4.78 is 1.09. The normalized spacial score (nSPS) is 22.4. The highest BCUT2D eigenvalue weighted by molar-refractivity contribution is 14.1. The molecular formula is C14H17IN2O3. The Morgan fingerprint density at radius 2 is 2.00 bits per heavy atom. The van der Waals surface area contributed by atoms with Crippen LogP contribution >= 0.6 is 22.6 Å². The molecular weight excluding hydrogens is 371 g/mol. The predicted octanol–water partition coefficient (Wildman–Crippen LogP) is 3.01. The van der Waals surface area contributed by atoms with Crippen LogP contribution in [-0.4, -0.2) is 35.1 Å². The maximum Gasteiger partial charge on any atom is 0.321 e. The highest BCUT2D eigenvalue weighted by Gasteiger charge is 2.39. The number of carboxylic acids is 1. The predicted molar refractivity (Wildman–Crippen MR) is 84.7 cm³/mol. The largest absolute Gasteiger partial charge is 0.481 e. The van der Waals surface area contributed by atoms with Gasteiger partial charge in [-0.2, -0.15) is 0 Å². The molecule has 0 bridgehead atoms. The number of carbonyl (C=O) groups is 2. The molecule has 0 aliphatic carbocycles. The lowest BCUT2D eigenvalue weighted by molar-refractivity contribution is -0.150. The van der Waals surface area contributed by atoms with Gasteiger partial charge in [-0.15, -0.1) is 0 Å². The van der Waals surface area contributed by atoms with Gasteiger partial charge in [0, 0.05) is 22.3 Å². The average molecular weight is 388 g/mol. The summed E-state index contributed by atoms with van der Waals surface area (Å²) in [6, 6.07) is 7.25. The maximum atomic E-state index is 12.2. The summed E-state index contributed by atoms with van der Waals surface area (Å²) in [5.74, 6) is -0.843. The van der Waals surface area contributed by atoms with Gasteiger partial charge in [0.15, 0.2) is 0 Å². The first-order chi connectivity index (χ1) is 9.40. The number of likely N-dealkylation sites (tertiary alicyclic amines) is 1. The summed E-state index contributed by atoms with van der Waals surface area (Å²) in [5.41, 5.74) is -0.125. The van der Waals surface area contributed by atoms with Gasteiger partial charge in [0.2, 0.25) is 0 Å². The molecule has 1 fully saturated rings. The van der Waals surface area contributed by atoms with Crippen molar-refractivity contribution in [1.82, 2.24) is 4.90 Å². The Labute approximate surface area is 131 Å².